The molecule has 1 aliphatic carbocycles. The molecular formula is C26H31NO2. The Morgan fingerprint density at radius 1 is 1.14 bits per heavy atom. The first kappa shape index (κ1) is 21.1. The van der Waals surface area contributed by atoms with Crippen molar-refractivity contribution >= 4 is 5.97 Å². The number of esters is 1. The highest BCUT2D eigenvalue weighted by molar-refractivity contribution is 5.76. The van der Waals surface area contributed by atoms with Crippen LogP contribution in [0.5, 0.6) is 5.75 Å². The summed E-state index contributed by atoms with van der Waals surface area (Å²) in [6.07, 6.45) is 5.71. The highest BCUT2D eigenvalue weighted by Crippen LogP contribution is 2.36. The zero-order valence-corrected chi connectivity index (χ0v) is 17.8. The number of ether oxygens (including phenoxy) is 1. The van der Waals surface area contributed by atoms with Crippen LogP contribution >= 0.6 is 0 Å². The molecule has 1 unspecified atom stereocenters. The predicted molar refractivity (Wildman–Crippen MR) is 116 cm³/mol. The van der Waals surface area contributed by atoms with Crippen molar-refractivity contribution < 1.29 is 9.53 Å². The van der Waals surface area contributed by atoms with Crippen LogP contribution in [0.1, 0.15) is 74.1 Å². The number of carbonyl (C=O) groups excluding carboxylic acids is 1. The first-order valence-electron chi connectivity index (χ1n) is 10.8. The molecule has 2 aromatic rings. The monoisotopic (exact) mass is 389 g/mol. The van der Waals surface area contributed by atoms with E-state index in [1.807, 2.05) is 12.1 Å². The molecule has 0 bridgehead atoms. The third-order valence-corrected chi connectivity index (χ3v) is 6.27. The Morgan fingerprint density at radius 2 is 1.83 bits per heavy atom. The number of nitrogens with zero attached hydrogens (tertiary/aromatic N) is 1. The number of aryl methyl sites for hydroxylation is 1. The van der Waals surface area contributed by atoms with Crippen molar-refractivity contribution in [2.24, 2.45) is 11.8 Å². The lowest BCUT2D eigenvalue weighted by Gasteiger charge is -2.27. The molecule has 0 amide bonds. The van der Waals surface area contributed by atoms with Gasteiger partial charge < -0.3 is 4.74 Å². The van der Waals surface area contributed by atoms with Crippen molar-refractivity contribution in [3.8, 4) is 11.8 Å². The van der Waals surface area contributed by atoms with Crippen LogP contribution in [-0.4, -0.2) is 5.97 Å². The fourth-order valence-corrected chi connectivity index (χ4v) is 4.12. The van der Waals surface area contributed by atoms with Crippen LogP contribution in [0.15, 0.2) is 42.5 Å². The van der Waals surface area contributed by atoms with Crippen LogP contribution in [0.25, 0.3) is 0 Å². The maximum absolute atomic E-state index is 12.7. The summed E-state index contributed by atoms with van der Waals surface area (Å²) >= 11 is 0. The van der Waals surface area contributed by atoms with Gasteiger partial charge in [-0.15, -0.1) is 0 Å². The van der Waals surface area contributed by atoms with Crippen molar-refractivity contribution in [3.63, 3.8) is 0 Å². The summed E-state index contributed by atoms with van der Waals surface area (Å²) in [6, 6.07) is 16.5. The first-order valence-corrected chi connectivity index (χ1v) is 10.8. The molecule has 1 fully saturated rings. The smallest absolute Gasteiger partial charge is 0.314 e. The Balaban J connectivity index is 1.59. The molecule has 29 heavy (non-hydrogen) atoms. The lowest BCUT2D eigenvalue weighted by Crippen LogP contribution is -2.25. The highest BCUT2D eigenvalue weighted by Gasteiger charge is 2.29. The van der Waals surface area contributed by atoms with Crippen molar-refractivity contribution in [1.29, 1.82) is 5.26 Å². The fraction of sp³-hybridized carbons (Fsp3) is 0.462. The van der Waals surface area contributed by atoms with E-state index in [4.69, 9.17) is 4.74 Å². The summed E-state index contributed by atoms with van der Waals surface area (Å²) in [5, 5.41) is 9.50. The molecule has 1 aliphatic rings. The third-order valence-electron chi connectivity index (χ3n) is 6.27. The second kappa shape index (κ2) is 9.74. The third kappa shape index (κ3) is 5.48. The predicted octanol–water partition coefficient (Wildman–Crippen LogP) is 6.33. The van der Waals surface area contributed by atoms with E-state index in [2.05, 4.69) is 51.1 Å². The molecule has 0 saturated heterocycles. The summed E-state index contributed by atoms with van der Waals surface area (Å²) < 4.78 is 5.66. The Hall–Kier alpha value is -2.60. The number of hydrogen-bond acceptors (Lipinski definition) is 3. The zero-order valence-electron chi connectivity index (χ0n) is 17.8. The average Bonchev–Trinajstić information content (AvgIpc) is 2.75. The van der Waals surface area contributed by atoms with E-state index < -0.39 is 0 Å². The quantitative estimate of drug-likeness (QED) is 0.428. The standard InChI is InChI=1S/C26H31NO2/c1-4-18(2)15-20-7-14-25(24(16-20)17-27)29-26(28)23-12-10-22(11-13-23)21-8-5-19(3)6-9-21/h5-9,14,16,18,22-23H,4,10-13,15H2,1-3H3. The van der Waals surface area contributed by atoms with Gasteiger partial charge in [-0.2, -0.15) is 5.26 Å². The molecule has 3 rings (SSSR count). The topological polar surface area (TPSA) is 50.1 Å². The van der Waals surface area contributed by atoms with Crippen molar-refractivity contribution in [2.75, 3.05) is 0 Å². The fourth-order valence-electron chi connectivity index (χ4n) is 4.12. The van der Waals surface area contributed by atoms with Gasteiger partial charge in [-0.25, -0.2) is 0 Å². The molecular weight excluding hydrogens is 358 g/mol. The van der Waals surface area contributed by atoms with Gasteiger partial charge in [0.25, 0.3) is 0 Å². The lowest BCUT2D eigenvalue weighted by atomic mass is 9.78. The second-order valence-corrected chi connectivity index (χ2v) is 8.54. The Bertz CT molecular complexity index is 871. The minimum Gasteiger partial charge on any atom is -0.425 e. The number of benzene rings is 2. The van der Waals surface area contributed by atoms with E-state index in [-0.39, 0.29) is 11.9 Å². The van der Waals surface area contributed by atoms with Crippen LogP contribution in [0.3, 0.4) is 0 Å². The van der Waals surface area contributed by atoms with E-state index in [1.54, 1.807) is 6.07 Å². The molecule has 0 aromatic heterocycles. The molecule has 1 saturated carbocycles. The van der Waals surface area contributed by atoms with Crippen LogP contribution in [0, 0.1) is 30.1 Å². The minimum absolute atomic E-state index is 0.0805. The summed E-state index contributed by atoms with van der Waals surface area (Å²) in [4.78, 5) is 12.7. The normalized spacial score (nSPS) is 19.9. The largest absolute Gasteiger partial charge is 0.425 e. The number of nitriles is 1. The SMILES string of the molecule is CCC(C)Cc1ccc(OC(=O)C2CCC(c3ccc(C)cc3)CC2)c(C#N)c1. The van der Waals surface area contributed by atoms with Crippen LogP contribution in [0.4, 0.5) is 0 Å². The van der Waals surface area contributed by atoms with Gasteiger partial charge in [0.1, 0.15) is 11.8 Å². The summed E-state index contributed by atoms with van der Waals surface area (Å²) in [5.41, 5.74) is 4.21. The van der Waals surface area contributed by atoms with Gasteiger partial charge >= 0.3 is 5.97 Å². The zero-order chi connectivity index (χ0) is 20.8. The molecule has 0 radical (unpaired) electrons. The van der Waals surface area contributed by atoms with Crippen molar-refractivity contribution in [2.45, 2.75) is 65.2 Å². The van der Waals surface area contributed by atoms with Crippen molar-refractivity contribution in [1.82, 2.24) is 0 Å². The molecule has 152 valence electrons. The van der Waals surface area contributed by atoms with Gasteiger partial charge in [0.2, 0.25) is 0 Å². The van der Waals surface area contributed by atoms with E-state index in [1.165, 1.54) is 11.1 Å². The van der Waals surface area contributed by atoms with E-state index in [0.717, 1.165) is 44.1 Å². The van der Waals surface area contributed by atoms with Crippen LogP contribution in [-0.2, 0) is 11.2 Å². The molecule has 3 nitrogen and oxygen atoms in total. The lowest BCUT2D eigenvalue weighted by molar-refractivity contribution is -0.140. The Kier molecular flexibility index (Phi) is 7.09. The molecule has 0 aliphatic heterocycles. The van der Waals surface area contributed by atoms with Crippen molar-refractivity contribution in [3.05, 3.63) is 64.7 Å². The van der Waals surface area contributed by atoms with Gasteiger partial charge in [-0.1, -0.05) is 56.2 Å². The van der Waals surface area contributed by atoms with Crippen LogP contribution < -0.4 is 4.74 Å². The Labute approximate surface area is 174 Å². The van der Waals surface area contributed by atoms with E-state index in [0.29, 0.717) is 23.1 Å². The summed E-state index contributed by atoms with van der Waals surface area (Å²) in [7, 11) is 0. The van der Waals surface area contributed by atoms with E-state index in [9.17, 15) is 10.1 Å². The van der Waals surface area contributed by atoms with Gasteiger partial charge in [0, 0.05) is 0 Å². The van der Waals surface area contributed by atoms with Gasteiger partial charge in [-0.3, -0.25) is 4.79 Å². The summed E-state index contributed by atoms with van der Waals surface area (Å²) in [5.74, 6) is 1.21. The van der Waals surface area contributed by atoms with Gasteiger partial charge in [0.15, 0.2) is 0 Å². The summed E-state index contributed by atoms with van der Waals surface area (Å²) in [6.45, 7) is 6.47. The van der Waals surface area contributed by atoms with Gasteiger partial charge in [0.05, 0.1) is 11.5 Å². The molecule has 0 heterocycles. The second-order valence-electron chi connectivity index (χ2n) is 8.54. The Morgan fingerprint density at radius 3 is 2.45 bits per heavy atom. The molecule has 3 heteroatoms. The van der Waals surface area contributed by atoms with E-state index >= 15 is 0 Å². The van der Waals surface area contributed by atoms with Gasteiger partial charge in [-0.05, 0) is 74.1 Å². The molecule has 1 atom stereocenters. The number of rotatable bonds is 6. The molecule has 0 spiro atoms. The average molecular weight is 390 g/mol. The maximum atomic E-state index is 12.7. The number of hydrogen-bond donors (Lipinski definition) is 0. The van der Waals surface area contributed by atoms with Crippen LogP contribution in [0.2, 0.25) is 0 Å². The number of carbonyl (C=O) groups is 1. The first-order chi connectivity index (χ1) is 14.0. The molecule has 0 N–H and O–H groups in total. The highest BCUT2D eigenvalue weighted by atomic mass is 16.5. The maximum Gasteiger partial charge on any atom is 0.314 e. The molecule has 2 aromatic carbocycles. The minimum atomic E-state index is -0.196.